The van der Waals surface area contributed by atoms with Gasteiger partial charge in [0.1, 0.15) is 11.5 Å². The molecule has 0 aliphatic heterocycles. The number of carboxylic acid groups (broad SMARTS) is 1. The van der Waals surface area contributed by atoms with E-state index in [1.165, 1.54) is 12.1 Å². The molecule has 1 aromatic carbocycles. The number of rotatable bonds is 4. The molecule has 0 fully saturated rings. The highest BCUT2D eigenvalue weighted by Gasteiger charge is 2.12. The van der Waals surface area contributed by atoms with E-state index in [1.807, 2.05) is 40.9 Å². The van der Waals surface area contributed by atoms with E-state index < -0.39 is 11.8 Å². The number of aromatic nitrogens is 3. The van der Waals surface area contributed by atoms with Gasteiger partial charge in [-0.15, -0.1) is 0 Å². The van der Waals surface area contributed by atoms with Crippen LogP contribution in [-0.4, -0.2) is 25.4 Å². The molecule has 5 nitrogen and oxygen atoms in total. The summed E-state index contributed by atoms with van der Waals surface area (Å²) in [6.07, 6.45) is 4.93. The maximum absolute atomic E-state index is 14.2. The lowest BCUT2D eigenvalue weighted by molar-refractivity contribution is -0.136. The van der Waals surface area contributed by atoms with Gasteiger partial charge in [0.05, 0.1) is 24.0 Å². The van der Waals surface area contributed by atoms with Crippen LogP contribution in [0.5, 0.6) is 0 Å². The van der Waals surface area contributed by atoms with Gasteiger partial charge in [0.2, 0.25) is 0 Å². The molecule has 1 N–H and O–H groups in total. The first-order chi connectivity index (χ1) is 12.6. The fraction of sp³-hybridized carbons (Fsp3) is 0.0500. The van der Waals surface area contributed by atoms with Crippen molar-refractivity contribution < 1.29 is 14.3 Å². The van der Waals surface area contributed by atoms with Gasteiger partial charge >= 0.3 is 5.97 Å². The van der Waals surface area contributed by atoms with Crippen molar-refractivity contribution in [2.75, 3.05) is 0 Å². The summed E-state index contributed by atoms with van der Waals surface area (Å²) >= 11 is 0. The molecule has 0 saturated carbocycles. The van der Waals surface area contributed by atoms with Gasteiger partial charge in [-0.05, 0) is 35.9 Å². The molecule has 128 valence electrons. The Morgan fingerprint density at radius 2 is 1.96 bits per heavy atom. The van der Waals surface area contributed by atoms with Crippen LogP contribution < -0.4 is 0 Å². The Hall–Kier alpha value is -3.54. The lowest BCUT2D eigenvalue weighted by Crippen LogP contribution is -2.02. The number of fused-ring (bicyclic) bond motifs is 1. The smallest absolute Gasteiger partial charge is 0.307 e. The van der Waals surface area contributed by atoms with Gasteiger partial charge in [0.25, 0.3) is 0 Å². The first kappa shape index (κ1) is 16.0. The first-order valence-corrected chi connectivity index (χ1v) is 8.01. The normalized spacial score (nSPS) is 11.0. The Bertz CT molecular complexity index is 1110. The summed E-state index contributed by atoms with van der Waals surface area (Å²) in [6.45, 7) is 0. The minimum Gasteiger partial charge on any atom is -0.481 e. The highest BCUT2D eigenvalue weighted by Crippen LogP contribution is 2.25. The van der Waals surface area contributed by atoms with E-state index in [2.05, 4.69) is 9.97 Å². The Morgan fingerprint density at radius 3 is 2.69 bits per heavy atom. The zero-order valence-electron chi connectivity index (χ0n) is 13.6. The van der Waals surface area contributed by atoms with Crippen molar-refractivity contribution >= 4 is 11.6 Å². The lowest BCUT2D eigenvalue weighted by atomic mass is 10.1. The average Bonchev–Trinajstić information content (AvgIpc) is 3.07. The summed E-state index contributed by atoms with van der Waals surface area (Å²) in [6, 6.07) is 14.1. The number of carbonyl (C=O) groups is 1. The Labute approximate surface area is 148 Å². The maximum Gasteiger partial charge on any atom is 0.307 e. The summed E-state index contributed by atoms with van der Waals surface area (Å²) in [5, 5.41) is 8.82. The van der Waals surface area contributed by atoms with E-state index in [1.54, 1.807) is 18.5 Å². The molecule has 0 bridgehead atoms. The van der Waals surface area contributed by atoms with Crippen molar-refractivity contribution in [3.63, 3.8) is 0 Å². The first-order valence-electron chi connectivity index (χ1n) is 8.01. The molecule has 0 spiro atoms. The number of hydrogen-bond donors (Lipinski definition) is 1. The predicted molar refractivity (Wildman–Crippen MR) is 95.2 cm³/mol. The molecule has 0 aliphatic carbocycles. The fourth-order valence-electron chi connectivity index (χ4n) is 2.90. The van der Waals surface area contributed by atoms with Gasteiger partial charge in [0, 0.05) is 23.5 Å². The minimum absolute atomic E-state index is 0.160. The highest BCUT2D eigenvalue weighted by atomic mass is 19.1. The number of pyridine rings is 2. The van der Waals surface area contributed by atoms with Gasteiger partial charge in [0.15, 0.2) is 0 Å². The lowest BCUT2D eigenvalue weighted by Gasteiger charge is -2.06. The molecule has 0 saturated heterocycles. The van der Waals surface area contributed by atoms with Crippen molar-refractivity contribution in [1.82, 2.24) is 14.4 Å². The number of imidazole rings is 1. The van der Waals surface area contributed by atoms with E-state index in [9.17, 15) is 9.18 Å². The van der Waals surface area contributed by atoms with Crippen molar-refractivity contribution in [1.29, 1.82) is 0 Å². The Balaban J connectivity index is 1.74. The summed E-state index contributed by atoms with van der Waals surface area (Å²) in [5.41, 5.74) is 4.04. The second-order valence-electron chi connectivity index (χ2n) is 5.88. The van der Waals surface area contributed by atoms with Crippen LogP contribution in [0.1, 0.15) is 5.56 Å². The fourth-order valence-corrected chi connectivity index (χ4v) is 2.90. The highest BCUT2D eigenvalue weighted by molar-refractivity contribution is 5.72. The summed E-state index contributed by atoms with van der Waals surface area (Å²) in [4.78, 5) is 19.5. The topological polar surface area (TPSA) is 67.5 Å². The van der Waals surface area contributed by atoms with E-state index in [4.69, 9.17) is 5.11 Å². The maximum atomic E-state index is 14.2. The monoisotopic (exact) mass is 347 g/mol. The number of hydrogen-bond acceptors (Lipinski definition) is 3. The predicted octanol–water partition coefficient (Wildman–Crippen LogP) is 3.83. The summed E-state index contributed by atoms with van der Waals surface area (Å²) in [5.74, 6) is -1.60. The zero-order valence-corrected chi connectivity index (χ0v) is 13.6. The van der Waals surface area contributed by atoms with E-state index >= 15 is 0 Å². The van der Waals surface area contributed by atoms with E-state index in [0.29, 0.717) is 5.56 Å². The second kappa shape index (κ2) is 6.40. The van der Waals surface area contributed by atoms with Crippen molar-refractivity contribution in [2.24, 2.45) is 0 Å². The molecule has 0 aliphatic rings. The number of halogens is 1. The molecule has 26 heavy (non-hydrogen) atoms. The molecule has 4 rings (SSSR count). The third-order valence-corrected chi connectivity index (χ3v) is 4.16. The van der Waals surface area contributed by atoms with Crippen molar-refractivity contribution in [3.05, 3.63) is 78.5 Å². The molecule has 3 heterocycles. The molecule has 3 aromatic heterocycles. The molecule has 6 heteroatoms. The zero-order chi connectivity index (χ0) is 18.1. The van der Waals surface area contributed by atoms with Crippen molar-refractivity contribution in [2.45, 2.75) is 6.42 Å². The SMILES string of the molecule is O=C(O)Cc1ccc(-c2cnc3cc(-c4ccccn4)ccn23)cc1F. The minimum atomic E-state index is -1.06. The molecule has 0 atom stereocenters. The van der Waals surface area contributed by atoms with Crippen LogP contribution in [0.2, 0.25) is 0 Å². The number of carboxylic acids is 1. The molecule has 4 aromatic rings. The molecular formula is C20H14FN3O2. The van der Waals surface area contributed by atoms with Crippen LogP contribution in [0, 0.1) is 5.82 Å². The Kier molecular flexibility index (Phi) is 3.93. The quantitative estimate of drug-likeness (QED) is 0.609. The van der Waals surface area contributed by atoms with Crippen LogP contribution in [0.25, 0.3) is 28.2 Å². The van der Waals surface area contributed by atoms with Crippen LogP contribution in [-0.2, 0) is 11.2 Å². The number of nitrogens with zero attached hydrogens (tertiary/aromatic N) is 3. The molecule has 0 radical (unpaired) electrons. The van der Waals surface area contributed by atoms with Crippen LogP contribution in [0.4, 0.5) is 4.39 Å². The summed E-state index contributed by atoms with van der Waals surface area (Å²) in [7, 11) is 0. The number of benzene rings is 1. The van der Waals surface area contributed by atoms with Gasteiger partial charge in [-0.25, -0.2) is 9.37 Å². The second-order valence-corrected chi connectivity index (χ2v) is 5.88. The van der Waals surface area contributed by atoms with E-state index in [0.717, 1.165) is 22.6 Å². The third-order valence-electron chi connectivity index (χ3n) is 4.16. The van der Waals surface area contributed by atoms with Gasteiger partial charge in [-0.2, -0.15) is 0 Å². The average molecular weight is 347 g/mol. The standard InChI is InChI=1S/C20H14FN3O2/c21-16-9-15(5-4-13(16)11-20(25)26)18-12-23-19-10-14(6-8-24(18)19)17-3-1-2-7-22-17/h1-10,12H,11H2,(H,25,26). The largest absolute Gasteiger partial charge is 0.481 e. The van der Waals surface area contributed by atoms with Crippen molar-refractivity contribution in [3.8, 4) is 22.5 Å². The summed E-state index contributed by atoms with van der Waals surface area (Å²) < 4.78 is 16.0. The van der Waals surface area contributed by atoms with Crippen LogP contribution in [0.15, 0.2) is 67.1 Å². The van der Waals surface area contributed by atoms with Crippen LogP contribution in [0.3, 0.4) is 0 Å². The Morgan fingerprint density at radius 1 is 1.08 bits per heavy atom. The molecular weight excluding hydrogens is 333 g/mol. The van der Waals surface area contributed by atoms with Gasteiger partial charge in [-0.3, -0.25) is 14.2 Å². The van der Waals surface area contributed by atoms with E-state index in [-0.39, 0.29) is 12.0 Å². The van der Waals surface area contributed by atoms with Gasteiger partial charge in [-0.1, -0.05) is 18.2 Å². The number of aliphatic carboxylic acids is 1. The molecule has 0 unspecified atom stereocenters. The molecule has 0 amide bonds. The third kappa shape index (κ3) is 2.93. The van der Waals surface area contributed by atoms with Gasteiger partial charge < -0.3 is 5.11 Å². The van der Waals surface area contributed by atoms with Crippen LogP contribution >= 0.6 is 0 Å².